The van der Waals surface area contributed by atoms with Gasteiger partial charge in [-0.15, -0.1) is 0 Å². The smallest absolute Gasteiger partial charge is 0.227 e. The number of nitrogens with zero attached hydrogens (tertiary/aromatic N) is 2. The Balaban J connectivity index is 1.60. The number of halogens is 3. The Kier molecular flexibility index (Phi) is 5.58. The molecule has 0 fully saturated rings. The first-order valence-electron chi connectivity index (χ1n) is 7.35. The summed E-state index contributed by atoms with van der Waals surface area (Å²) < 4.78 is 5.17. The topological polar surface area (TPSA) is 68.0 Å². The third-order valence-corrected chi connectivity index (χ3v) is 4.12. The fraction of sp³-hybridized carbons (Fsp3) is 0.118. The van der Waals surface area contributed by atoms with Gasteiger partial charge in [0, 0.05) is 28.5 Å². The number of carbonyl (C=O) groups excluding carboxylic acids is 1. The van der Waals surface area contributed by atoms with Crippen LogP contribution in [0.15, 0.2) is 47.0 Å². The number of aryl methyl sites for hydroxylation is 1. The van der Waals surface area contributed by atoms with E-state index in [2.05, 4.69) is 15.5 Å². The van der Waals surface area contributed by atoms with Crippen molar-refractivity contribution in [3.63, 3.8) is 0 Å². The van der Waals surface area contributed by atoms with Gasteiger partial charge in [0.25, 0.3) is 0 Å². The Morgan fingerprint density at radius 1 is 1.08 bits per heavy atom. The summed E-state index contributed by atoms with van der Waals surface area (Å²) in [5.41, 5.74) is 1.21. The molecule has 0 bridgehead atoms. The Labute approximate surface area is 158 Å². The predicted molar refractivity (Wildman–Crippen MR) is 98.2 cm³/mol. The number of amides is 1. The summed E-state index contributed by atoms with van der Waals surface area (Å²) >= 11 is 17.9. The quantitative estimate of drug-likeness (QED) is 0.638. The van der Waals surface area contributed by atoms with Crippen molar-refractivity contribution in [2.45, 2.75) is 12.8 Å². The lowest BCUT2D eigenvalue weighted by Gasteiger charge is -2.06. The molecule has 0 saturated carbocycles. The van der Waals surface area contributed by atoms with Crippen LogP contribution in [-0.2, 0) is 11.2 Å². The summed E-state index contributed by atoms with van der Waals surface area (Å²) in [5.74, 6) is 0.560. The standard InChI is InChI=1S/C17H12Cl3N3O2/c18-11-3-1-2-10(8-11)17-22-16(25-23-17)7-6-15(24)21-14-9-12(19)4-5-13(14)20/h1-5,8-9H,6-7H2,(H,21,24). The van der Waals surface area contributed by atoms with Gasteiger partial charge in [0.2, 0.25) is 17.6 Å². The number of aromatic nitrogens is 2. The summed E-state index contributed by atoms with van der Waals surface area (Å²) in [6.45, 7) is 0. The van der Waals surface area contributed by atoms with Crippen LogP contribution < -0.4 is 5.32 Å². The molecule has 8 heteroatoms. The van der Waals surface area contributed by atoms with Gasteiger partial charge in [-0.25, -0.2) is 0 Å². The van der Waals surface area contributed by atoms with Gasteiger partial charge in [0.05, 0.1) is 10.7 Å². The molecule has 1 heterocycles. The van der Waals surface area contributed by atoms with E-state index in [0.29, 0.717) is 38.9 Å². The number of hydrogen-bond acceptors (Lipinski definition) is 4. The minimum atomic E-state index is -0.230. The number of anilines is 1. The minimum Gasteiger partial charge on any atom is -0.339 e. The molecule has 3 aromatic rings. The van der Waals surface area contributed by atoms with Crippen molar-refractivity contribution in [1.82, 2.24) is 10.1 Å². The van der Waals surface area contributed by atoms with Crippen molar-refractivity contribution in [3.05, 3.63) is 63.4 Å². The van der Waals surface area contributed by atoms with Crippen LogP contribution in [0.5, 0.6) is 0 Å². The van der Waals surface area contributed by atoms with Crippen molar-refractivity contribution in [3.8, 4) is 11.4 Å². The molecule has 2 aromatic carbocycles. The molecule has 0 saturated heterocycles. The fourth-order valence-corrected chi connectivity index (χ4v) is 2.65. The second-order valence-electron chi connectivity index (χ2n) is 5.19. The molecule has 0 unspecified atom stereocenters. The molecule has 0 atom stereocenters. The highest BCUT2D eigenvalue weighted by molar-refractivity contribution is 6.35. The molecule has 5 nitrogen and oxygen atoms in total. The lowest BCUT2D eigenvalue weighted by atomic mass is 10.2. The van der Waals surface area contributed by atoms with E-state index in [4.69, 9.17) is 39.3 Å². The van der Waals surface area contributed by atoms with E-state index >= 15 is 0 Å². The fourth-order valence-electron chi connectivity index (χ4n) is 2.13. The first-order valence-corrected chi connectivity index (χ1v) is 8.48. The highest BCUT2D eigenvalue weighted by Crippen LogP contribution is 2.25. The van der Waals surface area contributed by atoms with Crippen molar-refractivity contribution in [2.24, 2.45) is 0 Å². The van der Waals surface area contributed by atoms with Crippen molar-refractivity contribution in [1.29, 1.82) is 0 Å². The number of benzene rings is 2. The van der Waals surface area contributed by atoms with Crippen LogP contribution >= 0.6 is 34.8 Å². The van der Waals surface area contributed by atoms with Crippen LogP contribution in [0.3, 0.4) is 0 Å². The van der Waals surface area contributed by atoms with Gasteiger partial charge < -0.3 is 9.84 Å². The molecule has 1 amide bonds. The molecule has 1 N–H and O–H groups in total. The second kappa shape index (κ2) is 7.87. The van der Waals surface area contributed by atoms with E-state index < -0.39 is 0 Å². The molecule has 0 spiro atoms. The maximum absolute atomic E-state index is 12.1. The third kappa shape index (κ3) is 4.72. The zero-order chi connectivity index (χ0) is 17.8. The zero-order valence-corrected chi connectivity index (χ0v) is 15.1. The summed E-state index contributed by atoms with van der Waals surface area (Å²) in [4.78, 5) is 16.3. The summed E-state index contributed by atoms with van der Waals surface area (Å²) in [7, 11) is 0. The van der Waals surface area contributed by atoms with Crippen molar-refractivity contribution in [2.75, 3.05) is 5.32 Å². The first-order chi connectivity index (χ1) is 12.0. The van der Waals surface area contributed by atoms with Gasteiger partial charge in [-0.1, -0.05) is 52.1 Å². The average molecular weight is 397 g/mol. The van der Waals surface area contributed by atoms with Crippen LogP contribution in [0.2, 0.25) is 15.1 Å². The van der Waals surface area contributed by atoms with E-state index in [1.54, 1.807) is 36.4 Å². The Morgan fingerprint density at radius 2 is 1.88 bits per heavy atom. The molecule has 0 aliphatic heterocycles. The maximum atomic E-state index is 12.1. The van der Waals surface area contributed by atoms with Gasteiger partial charge in [-0.3, -0.25) is 4.79 Å². The van der Waals surface area contributed by atoms with E-state index in [9.17, 15) is 4.79 Å². The lowest BCUT2D eigenvalue weighted by molar-refractivity contribution is -0.116. The molecule has 25 heavy (non-hydrogen) atoms. The highest BCUT2D eigenvalue weighted by atomic mass is 35.5. The predicted octanol–water partition coefficient (Wildman–Crippen LogP) is 5.27. The molecule has 0 radical (unpaired) electrons. The number of nitrogens with one attached hydrogen (secondary N) is 1. The minimum absolute atomic E-state index is 0.167. The first kappa shape index (κ1) is 17.7. The van der Waals surface area contributed by atoms with Gasteiger partial charge in [0.1, 0.15) is 0 Å². The molecule has 0 aliphatic rings. The molecule has 128 valence electrons. The van der Waals surface area contributed by atoms with Crippen LogP contribution in [0, 0.1) is 0 Å². The van der Waals surface area contributed by atoms with E-state index in [-0.39, 0.29) is 12.3 Å². The number of carbonyl (C=O) groups is 1. The number of hydrogen-bond donors (Lipinski definition) is 1. The normalized spacial score (nSPS) is 10.7. The number of rotatable bonds is 5. The highest BCUT2D eigenvalue weighted by Gasteiger charge is 2.12. The van der Waals surface area contributed by atoms with Gasteiger partial charge in [0.15, 0.2) is 0 Å². The maximum Gasteiger partial charge on any atom is 0.227 e. The van der Waals surface area contributed by atoms with Crippen molar-refractivity contribution < 1.29 is 9.32 Å². The summed E-state index contributed by atoms with van der Waals surface area (Å²) in [6, 6.07) is 12.0. The Morgan fingerprint density at radius 3 is 2.68 bits per heavy atom. The van der Waals surface area contributed by atoms with E-state index in [1.165, 1.54) is 0 Å². The lowest BCUT2D eigenvalue weighted by Crippen LogP contribution is -2.12. The molecule has 1 aromatic heterocycles. The van der Waals surface area contributed by atoms with Crippen LogP contribution in [-0.4, -0.2) is 16.0 Å². The Bertz CT molecular complexity index is 912. The van der Waals surface area contributed by atoms with Gasteiger partial charge in [-0.2, -0.15) is 4.98 Å². The SMILES string of the molecule is O=C(CCc1nc(-c2cccc(Cl)c2)no1)Nc1cc(Cl)ccc1Cl. The van der Waals surface area contributed by atoms with Crippen LogP contribution in [0.1, 0.15) is 12.3 Å². The van der Waals surface area contributed by atoms with E-state index in [1.807, 2.05) is 6.07 Å². The van der Waals surface area contributed by atoms with Crippen molar-refractivity contribution >= 4 is 46.4 Å². The third-order valence-electron chi connectivity index (χ3n) is 3.32. The largest absolute Gasteiger partial charge is 0.339 e. The van der Waals surface area contributed by atoms with Gasteiger partial charge in [-0.05, 0) is 30.3 Å². The monoisotopic (exact) mass is 395 g/mol. The summed E-state index contributed by atoms with van der Waals surface area (Å²) in [6.07, 6.45) is 0.470. The summed E-state index contributed by atoms with van der Waals surface area (Å²) in [5, 5.41) is 8.09. The zero-order valence-electron chi connectivity index (χ0n) is 12.8. The van der Waals surface area contributed by atoms with Crippen LogP contribution in [0.25, 0.3) is 11.4 Å². The molecular formula is C17H12Cl3N3O2. The second-order valence-corrected chi connectivity index (χ2v) is 6.47. The Hall–Kier alpha value is -2.08. The van der Waals surface area contributed by atoms with E-state index in [0.717, 1.165) is 5.56 Å². The molecule has 3 rings (SSSR count). The average Bonchev–Trinajstić information content (AvgIpc) is 3.05. The van der Waals surface area contributed by atoms with Crippen LogP contribution in [0.4, 0.5) is 5.69 Å². The molecular weight excluding hydrogens is 385 g/mol. The molecule has 0 aliphatic carbocycles. The van der Waals surface area contributed by atoms with Gasteiger partial charge >= 0.3 is 0 Å².